The number of amides is 2. The number of hydrogen-bond donors (Lipinski definition) is 1. The largest absolute Gasteiger partial charge is 0.379 e. The highest BCUT2D eigenvalue weighted by Crippen LogP contribution is 2.16. The molecule has 0 saturated carbocycles. The number of likely N-dealkylation sites (tertiary alicyclic amines) is 1. The second-order valence-corrected chi connectivity index (χ2v) is 4.09. The van der Waals surface area contributed by atoms with Crippen LogP contribution in [0.5, 0.6) is 0 Å². The van der Waals surface area contributed by atoms with Crippen LogP contribution in [0.4, 0.5) is 4.79 Å². The van der Waals surface area contributed by atoms with Crippen LogP contribution in [0, 0.1) is 0 Å². The fraction of sp³-hybridized carbons (Fsp3) is 0.900. The molecule has 5 nitrogen and oxygen atoms in total. The topological polar surface area (TPSA) is 44.8 Å². The van der Waals surface area contributed by atoms with Crippen molar-refractivity contribution in [1.29, 1.82) is 0 Å². The molecule has 2 aliphatic rings. The lowest BCUT2D eigenvalue weighted by atomic mass is 10.2. The van der Waals surface area contributed by atoms with E-state index in [2.05, 4.69) is 10.2 Å². The van der Waals surface area contributed by atoms with Crippen LogP contribution in [-0.2, 0) is 4.74 Å². The molecule has 1 atom stereocenters. The van der Waals surface area contributed by atoms with E-state index in [4.69, 9.17) is 4.74 Å². The van der Waals surface area contributed by atoms with Crippen molar-refractivity contribution < 1.29 is 9.53 Å². The summed E-state index contributed by atoms with van der Waals surface area (Å²) in [5, 5.41) is 2.67. The summed E-state index contributed by atoms with van der Waals surface area (Å²) in [6.45, 7) is 5.41. The fourth-order valence-electron chi connectivity index (χ4n) is 2.33. The van der Waals surface area contributed by atoms with Crippen LogP contribution >= 0.6 is 0 Å². The Bertz CT molecular complexity index is 229. The number of carbonyl (C=O) groups is 1. The molecule has 2 saturated heterocycles. The van der Waals surface area contributed by atoms with Gasteiger partial charge in [-0.05, 0) is 6.42 Å². The lowest BCUT2D eigenvalue weighted by molar-refractivity contribution is 0.0191. The van der Waals surface area contributed by atoms with Crippen molar-refractivity contribution in [1.82, 2.24) is 15.1 Å². The van der Waals surface area contributed by atoms with Gasteiger partial charge in [0.2, 0.25) is 0 Å². The molecule has 0 bridgehead atoms. The van der Waals surface area contributed by atoms with Crippen molar-refractivity contribution in [3.63, 3.8) is 0 Å². The molecule has 1 N–H and O–H groups in total. The molecule has 0 radical (unpaired) electrons. The summed E-state index contributed by atoms with van der Waals surface area (Å²) in [5.74, 6) is 0. The fourth-order valence-corrected chi connectivity index (χ4v) is 2.33. The molecule has 2 aliphatic heterocycles. The Morgan fingerprint density at radius 2 is 2.07 bits per heavy atom. The monoisotopic (exact) mass is 213 g/mol. The van der Waals surface area contributed by atoms with E-state index in [1.807, 2.05) is 4.90 Å². The minimum atomic E-state index is 0.0470. The zero-order valence-corrected chi connectivity index (χ0v) is 9.24. The number of morpholine rings is 1. The molecular formula is C10H19N3O2. The van der Waals surface area contributed by atoms with Gasteiger partial charge in [-0.3, -0.25) is 4.90 Å². The van der Waals surface area contributed by atoms with Gasteiger partial charge in [0.05, 0.1) is 13.2 Å². The van der Waals surface area contributed by atoms with E-state index in [9.17, 15) is 4.79 Å². The highest BCUT2D eigenvalue weighted by Gasteiger charge is 2.30. The highest BCUT2D eigenvalue weighted by molar-refractivity contribution is 5.74. The Balaban J connectivity index is 1.83. The molecule has 86 valence electrons. The molecule has 0 spiro atoms. The van der Waals surface area contributed by atoms with Gasteiger partial charge in [0.1, 0.15) is 0 Å². The summed E-state index contributed by atoms with van der Waals surface area (Å²) in [5.41, 5.74) is 0. The molecule has 15 heavy (non-hydrogen) atoms. The molecule has 2 rings (SSSR count). The SMILES string of the molecule is CNC(=O)N1CCC(N2CCOCC2)C1. The lowest BCUT2D eigenvalue weighted by Crippen LogP contribution is -2.46. The molecule has 2 amide bonds. The van der Waals surface area contributed by atoms with Crippen LogP contribution in [0.25, 0.3) is 0 Å². The first-order valence-electron chi connectivity index (χ1n) is 5.59. The summed E-state index contributed by atoms with van der Waals surface area (Å²) < 4.78 is 5.32. The Morgan fingerprint density at radius 3 is 2.73 bits per heavy atom. The Kier molecular flexibility index (Phi) is 3.43. The van der Waals surface area contributed by atoms with Gasteiger partial charge in [0, 0.05) is 39.3 Å². The predicted molar refractivity (Wildman–Crippen MR) is 56.8 cm³/mol. The molecule has 0 aromatic rings. The average Bonchev–Trinajstić information content (AvgIpc) is 2.78. The number of hydrogen-bond acceptors (Lipinski definition) is 3. The number of carbonyl (C=O) groups excluding carboxylic acids is 1. The van der Waals surface area contributed by atoms with E-state index in [1.54, 1.807) is 7.05 Å². The maximum Gasteiger partial charge on any atom is 0.317 e. The van der Waals surface area contributed by atoms with Crippen molar-refractivity contribution in [3.05, 3.63) is 0 Å². The van der Waals surface area contributed by atoms with Gasteiger partial charge >= 0.3 is 6.03 Å². The lowest BCUT2D eigenvalue weighted by Gasteiger charge is -2.31. The summed E-state index contributed by atoms with van der Waals surface area (Å²) in [6, 6.07) is 0.581. The normalized spacial score (nSPS) is 28.1. The zero-order valence-electron chi connectivity index (χ0n) is 9.24. The summed E-state index contributed by atoms with van der Waals surface area (Å²) in [7, 11) is 1.68. The molecule has 0 aromatic carbocycles. The van der Waals surface area contributed by atoms with Gasteiger partial charge in [-0.25, -0.2) is 4.79 Å². The third kappa shape index (κ3) is 2.41. The van der Waals surface area contributed by atoms with E-state index in [1.165, 1.54) is 0 Å². The number of nitrogens with one attached hydrogen (secondary N) is 1. The van der Waals surface area contributed by atoms with E-state index in [0.29, 0.717) is 6.04 Å². The first-order valence-corrected chi connectivity index (χ1v) is 5.59. The number of urea groups is 1. The first-order chi connectivity index (χ1) is 7.31. The van der Waals surface area contributed by atoms with Gasteiger partial charge in [0.25, 0.3) is 0 Å². The average molecular weight is 213 g/mol. The van der Waals surface area contributed by atoms with Crippen LogP contribution in [0.2, 0.25) is 0 Å². The van der Waals surface area contributed by atoms with E-state index < -0.39 is 0 Å². The molecule has 2 heterocycles. The van der Waals surface area contributed by atoms with Crippen molar-refractivity contribution in [2.75, 3.05) is 46.4 Å². The quantitative estimate of drug-likeness (QED) is 0.652. The van der Waals surface area contributed by atoms with E-state index in [-0.39, 0.29) is 6.03 Å². The molecule has 0 aromatic heterocycles. The highest BCUT2D eigenvalue weighted by atomic mass is 16.5. The number of rotatable bonds is 1. The molecule has 5 heteroatoms. The smallest absolute Gasteiger partial charge is 0.317 e. The van der Waals surface area contributed by atoms with Gasteiger partial charge in [-0.2, -0.15) is 0 Å². The van der Waals surface area contributed by atoms with Crippen LogP contribution < -0.4 is 5.32 Å². The molecular weight excluding hydrogens is 194 g/mol. The summed E-state index contributed by atoms with van der Waals surface area (Å²) in [6.07, 6.45) is 1.09. The van der Waals surface area contributed by atoms with E-state index in [0.717, 1.165) is 45.8 Å². The molecule has 0 aliphatic carbocycles. The van der Waals surface area contributed by atoms with Gasteiger partial charge < -0.3 is 15.0 Å². The zero-order chi connectivity index (χ0) is 10.7. The maximum atomic E-state index is 11.4. The van der Waals surface area contributed by atoms with Crippen molar-refractivity contribution >= 4 is 6.03 Å². The second-order valence-electron chi connectivity index (χ2n) is 4.09. The summed E-state index contributed by atoms with van der Waals surface area (Å²) in [4.78, 5) is 15.7. The number of nitrogens with zero attached hydrogens (tertiary/aromatic N) is 2. The van der Waals surface area contributed by atoms with Crippen LogP contribution in [0.15, 0.2) is 0 Å². The third-order valence-corrected chi connectivity index (χ3v) is 3.23. The molecule has 2 fully saturated rings. The second kappa shape index (κ2) is 4.81. The molecule has 1 unspecified atom stereocenters. The van der Waals surface area contributed by atoms with Gasteiger partial charge in [-0.15, -0.1) is 0 Å². The van der Waals surface area contributed by atoms with Crippen LogP contribution in [0.3, 0.4) is 0 Å². The first kappa shape index (κ1) is 10.7. The van der Waals surface area contributed by atoms with Crippen LogP contribution in [0.1, 0.15) is 6.42 Å². The Morgan fingerprint density at radius 1 is 1.33 bits per heavy atom. The maximum absolute atomic E-state index is 11.4. The minimum absolute atomic E-state index is 0.0470. The van der Waals surface area contributed by atoms with Gasteiger partial charge in [-0.1, -0.05) is 0 Å². The van der Waals surface area contributed by atoms with Crippen molar-refractivity contribution in [2.24, 2.45) is 0 Å². The van der Waals surface area contributed by atoms with Crippen molar-refractivity contribution in [2.45, 2.75) is 12.5 Å². The Labute approximate surface area is 90.4 Å². The number of ether oxygens (including phenoxy) is 1. The predicted octanol–water partition coefficient (Wildman–Crippen LogP) is -0.268. The standard InChI is InChI=1S/C10H19N3O2/c1-11-10(14)13-3-2-9(8-13)12-4-6-15-7-5-12/h9H,2-8H2,1H3,(H,11,14). The van der Waals surface area contributed by atoms with Crippen LogP contribution in [-0.4, -0.2) is 68.3 Å². The van der Waals surface area contributed by atoms with E-state index >= 15 is 0 Å². The van der Waals surface area contributed by atoms with Crippen molar-refractivity contribution in [3.8, 4) is 0 Å². The Hall–Kier alpha value is -0.810. The minimum Gasteiger partial charge on any atom is -0.379 e. The van der Waals surface area contributed by atoms with Gasteiger partial charge in [0.15, 0.2) is 0 Å². The third-order valence-electron chi connectivity index (χ3n) is 3.23. The summed E-state index contributed by atoms with van der Waals surface area (Å²) >= 11 is 0.